The van der Waals surface area contributed by atoms with Crippen LogP contribution in [0.1, 0.15) is 26.7 Å². The minimum absolute atomic E-state index is 0.928. The van der Waals surface area contributed by atoms with Gasteiger partial charge in [0.1, 0.15) is 0 Å². The third-order valence-corrected chi connectivity index (χ3v) is 5.95. The summed E-state index contributed by atoms with van der Waals surface area (Å²) >= 11 is 0. The smallest absolute Gasteiger partial charge is 0.0511 e. The molecule has 0 aliphatic carbocycles. The van der Waals surface area contributed by atoms with Crippen molar-refractivity contribution in [3.8, 4) is 0 Å². The molecule has 0 heterocycles. The normalized spacial score (nSPS) is 12.9. The molecule has 1 nitrogen and oxygen atoms in total. The molecule has 0 fully saturated rings. The Labute approximate surface area is 97.6 Å². The molecule has 90 valence electrons. The van der Waals surface area contributed by atoms with Gasteiger partial charge in [-0.2, -0.15) is 0 Å². The van der Waals surface area contributed by atoms with Gasteiger partial charge in [-0.25, -0.2) is 0 Å². The highest BCUT2D eigenvalue weighted by Gasteiger charge is 2.17. The molecular weight excluding hydrogens is 198 g/mol. The van der Waals surface area contributed by atoms with Gasteiger partial charge in [-0.05, 0) is 45.9 Å². The number of allylic oxidation sites excluding steroid dienone is 2. The fourth-order valence-corrected chi connectivity index (χ4v) is 4.05. The molecule has 15 heavy (non-hydrogen) atoms. The second-order valence-corrected chi connectivity index (χ2v) is 10.6. The first kappa shape index (κ1) is 14.9. The van der Waals surface area contributed by atoms with Gasteiger partial charge in [0.2, 0.25) is 0 Å². The van der Waals surface area contributed by atoms with Crippen LogP contribution in [0.15, 0.2) is 12.2 Å². The topological polar surface area (TPSA) is 3.24 Å². The number of rotatable bonds is 8. The monoisotopic (exact) mass is 227 g/mol. The van der Waals surface area contributed by atoms with E-state index in [1.807, 2.05) is 0 Å². The van der Waals surface area contributed by atoms with Gasteiger partial charge >= 0.3 is 0 Å². The van der Waals surface area contributed by atoms with Crippen molar-refractivity contribution in [2.75, 3.05) is 20.1 Å². The Bertz CT molecular complexity index is 175. The lowest BCUT2D eigenvalue weighted by Gasteiger charge is -2.22. The summed E-state index contributed by atoms with van der Waals surface area (Å²) in [6.45, 7) is 11.9. The zero-order chi connectivity index (χ0) is 11.7. The van der Waals surface area contributed by atoms with Crippen molar-refractivity contribution in [1.82, 2.24) is 4.90 Å². The lowest BCUT2D eigenvalue weighted by atomic mass is 10.4. The molecule has 0 unspecified atom stereocenters. The summed E-state index contributed by atoms with van der Waals surface area (Å²) in [5, 5.41) is 0. The maximum Gasteiger partial charge on any atom is 0.0511 e. The predicted octanol–water partition coefficient (Wildman–Crippen LogP) is 4.00. The zero-order valence-corrected chi connectivity index (χ0v) is 12.3. The largest absolute Gasteiger partial charge is 0.306 e. The van der Waals surface area contributed by atoms with Gasteiger partial charge in [-0.3, -0.25) is 0 Å². The summed E-state index contributed by atoms with van der Waals surface area (Å²) in [5.41, 5.74) is 0. The molecule has 0 atom stereocenters. The predicted molar refractivity (Wildman–Crippen MR) is 74.3 cm³/mol. The molecule has 0 aliphatic rings. The minimum atomic E-state index is -0.928. The van der Waals surface area contributed by atoms with E-state index in [0.29, 0.717) is 0 Å². The van der Waals surface area contributed by atoms with E-state index >= 15 is 0 Å². The van der Waals surface area contributed by atoms with Crippen LogP contribution in [0, 0.1) is 0 Å². The molecule has 0 saturated carbocycles. The molecule has 0 spiro atoms. The zero-order valence-electron chi connectivity index (χ0n) is 11.3. The summed E-state index contributed by atoms with van der Waals surface area (Å²) in [6.07, 6.45) is 7.20. The van der Waals surface area contributed by atoms with Gasteiger partial charge < -0.3 is 4.90 Å². The van der Waals surface area contributed by atoms with Crippen molar-refractivity contribution < 1.29 is 0 Å². The van der Waals surface area contributed by atoms with Crippen LogP contribution in [-0.2, 0) is 0 Å². The fourth-order valence-electron chi connectivity index (χ4n) is 1.86. The Hall–Kier alpha value is -0.0831. The van der Waals surface area contributed by atoms with Crippen LogP contribution in [0.25, 0.3) is 0 Å². The van der Waals surface area contributed by atoms with Crippen molar-refractivity contribution in [3.05, 3.63) is 12.2 Å². The minimum Gasteiger partial charge on any atom is -0.306 e. The first-order valence-corrected chi connectivity index (χ1v) is 9.73. The van der Waals surface area contributed by atoms with Gasteiger partial charge in [0.15, 0.2) is 0 Å². The second kappa shape index (κ2) is 8.11. The quantitative estimate of drug-likeness (QED) is 0.447. The Morgan fingerprint density at radius 1 is 1.20 bits per heavy atom. The van der Waals surface area contributed by atoms with E-state index in [4.69, 9.17) is 0 Å². The Kier molecular flexibility index (Phi) is 8.07. The van der Waals surface area contributed by atoms with E-state index in [-0.39, 0.29) is 0 Å². The third-order valence-electron chi connectivity index (χ3n) is 2.90. The highest BCUT2D eigenvalue weighted by Crippen LogP contribution is 2.18. The van der Waals surface area contributed by atoms with Gasteiger partial charge in [-0.1, -0.05) is 38.2 Å². The summed E-state index contributed by atoms with van der Waals surface area (Å²) in [5.74, 6) is 0. The highest BCUT2D eigenvalue weighted by atomic mass is 28.3. The highest BCUT2D eigenvalue weighted by molar-refractivity contribution is 6.77. The third kappa shape index (κ3) is 8.88. The molecule has 0 N–H and O–H groups in total. The standard InChI is InChI=1S/C13H29NSi/c1-6-8-12-15(4,5)13-9-11-14(3)10-7-2/h6,8H,7,9-13H2,1-5H3/b8-6+. The molecule has 2 heteroatoms. The Balaban J connectivity index is 3.64. The molecular formula is C13H29NSi. The molecule has 0 rings (SSSR count). The van der Waals surface area contributed by atoms with E-state index in [0.717, 1.165) is 0 Å². The number of hydrogen-bond acceptors (Lipinski definition) is 1. The molecule has 0 aromatic carbocycles. The van der Waals surface area contributed by atoms with Gasteiger partial charge in [0, 0.05) is 0 Å². The summed E-state index contributed by atoms with van der Waals surface area (Å²) < 4.78 is 0. The van der Waals surface area contributed by atoms with Gasteiger partial charge in [-0.15, -0.1) is 0 Å². The molecule has 0 radical (unpaired) electrons. The molecule has 0 aliphatic heterocycles. The second-order valence-electron chi connectivity index (χ2n) is 5.34. The van der Waals surface area contributed by atoms with Crippen LogP contribution in [0.5, 0.6) is 0 Å². The van der Waals surface area contributed by atoms with Crippen molar-refractivity contribution in [1.29, 1.82) is 0 Å². The van der Waals surface area contributed by atoms with E-state index in [1.165, 1.54) is 38.0 Å². The first-order valence-electron chi connectivity index (χ1n) is 6.31. The fraction of sp³-hybridized carbons (Fsp3) is 0.846. The first-order chi connectivity index (χ1) is 7.02. The van der Waals surface area contributed by atoms with Crippen LogP contribution in [-0.4, -0.2) is 33.1 Å². The molecule has 0 aromatic rings. The average Bonchev–Trinajstić information content (AvgIpc) is 2.15. The van der Waals surface area contributed by atoms with E-state index in [1.54, 1.807) is 0 Å². The van der Waals surface area contributed by atoms with E-state index in [2.05, 4.69) is 51.0 Å². The number of nitrogens with zero attached hydrogens (tertiary/aromatic N) is 1. The van der Waals surface area contributed by atoms with Crippen LogP contribution < -0.4 is 0 Å². The van der Waals surface area contributed by atoms with E-state index in [9.17, 15) is 0 Å². The maximum atomic E-state index is 2.51. The molecule has 0 bridgehead atoms. The molecule has 0 saturated heterocycles. The molecule has 0 amide bonds. The van der Waals surface area contributed by atoms with Gasteiger partial charge in [0.25, 0.3) is 0 Å². The Morgan fingerprint density at radius 2 is 1.87 bits per heavy atom. The maximum absolute atomic E-state index is 2.51. The summed E-state index contributed by atoms with van der Waals surface area (Å²) in [4.78, 5) is 2.46. The summed E-state index contributed by atoms with van der Waals surface area (Å²) in [7, 11) is 1.31. The van der Waals surface area contributed by atoms with Crippen molar-refractivity contribution in [3.63, 3.8) is 0 Å². The molecule has 0 aromatic heterocycles. The lowest BCUT2D eigenvalue weighted by Crippen LogP contribution is -2.27. The number of hydrogen-bond donors (Lipinski definition) is 0. The SMILES string of the molecule is C/C=C/C[Si](C)(C)CCCN(C)CCC. The van der Waals surface area contributed by atoms with Crippen molar-refractivity contribution >= 4 is 8.07 Å². The van der Waals surface area contributed by atoms with Crippen molar-refractivity contribution in [2.45, 2.75) is 51.9 Å². The van der Waals surface area contributed by atoms with Crippen LogP contribution >= 0.6 is 0 Å². The van der Waals surface area contributed by atoms with Crippen molar-refractivity contribution in [2.24, 2.45) is 0 Å². The summed E-state index contributed by atoms with van der Waals surface area (Å²) in [6, 6.07) is 2.81. The van der Waals surface area contributed by atoms with Crippen LogP contribution in [0.2, 0.25) is 25.2 Å². The Morgan fingerprint density at radius 3 is 2.40 bits per heavy atom. The van der Waals surface area contributed by atoms with Gasteiger partial charge in [0.05, 0.1) is 8.07 Å². The average molecular weight is 227 g/mol. The van der Waals surface area contributed by atoms with Crippen LogP contribution in [0.4, 0.5) is 0 Å². The van der Waals surface area contributed by atoms with Crippen LogP contribution in [0.3, 0.4) is 0 Å². The lowest BCUT2D eigenvalue weighted by molar-refractivity contribution is 0.335. The van der Waals surface area contributed by atoms with E-state index < -0.39 is 8.07 Å².